The summed E-state index contributed by atoms with van der Waals surface area (Å²) in [6, 6.07) is 2.49. The Labute approximate surface area is 158 Å². The summed E-state index contributed by atoms with van der Waals surface area (Å²) in [5.74, 6) is -3.51. The second-order valence-corrected chi connectivity index (χ2v) is 6.67. The van der Waals surface area contributed by atoms with Gasteiger partial charge in [0.1, 0.15) is 24.4 Å². The van der Waals surface area contributed by atoms with Crippen molar-refractivity contribution in [2.45, 2.75) is 56.1 Å². The van der Waals surface area contributed by atoms with Crippen molar-refractivity contribution in [3.8, 4) is 17.2 Å². The number of carbonyl (C=O) groups excluding carboxylic acids is 1. The molecule has 2 heterocycles. The van der Waals surface area contributed by atoms with Crippen LogP contribution in [0.4, 0.5) is 0 Å². The van der Waals surface area contributed by atoms with E-state index in [2.05, 4.69) is 0 Å². The van der Waals surface area contributed by atoms with Crippen LogP contribution in [0.1, 0.15) is 18.4 Å². The van der Waals surface area contributed by atoms with Crippen LogP contribution in [-0.4, -0.2) is 79.4 Å². The topological polar surface area (TPSA) is 183 Å². The Hall–Kier alpha value is -2.60. The number of cyclic esters (lactones) is 1. The zero-order chi connectivity index (χ0) is 20.6. The average molecular weight is 400 g/mol. The van der Waals surface area contributed by atoms with Crippen LogP contribution in [0.5, 0.6) is 17.2 Å². The first-order valence-electron chi connectivity index (χ1n) is 8.51. The van der Waals surface area contributed by atoms with Crippen molar-refractivity contribution in [2.75, 3.05) is 0 Å². The third-order valence-corrected chi connectivity index (χ3v) is 4.59. The van der Waals surface area contributed by atoms with Crippen LogP contribution in [0, 0.1) is 0 Å². The van der Waals surface area contributed by atoms with Crippen LogP contribution in [0.15, 0.2) is 12.1 Å². The van der Waals surface area contributed by atoms with E-state index < -0.39 is 53.9 Å². The molecular formula is C17H20O11. The lowest BCUT2D eigenvalue weighted by Crippen LogP contribution is -2.61. The van der Waals surface area contributed by atoms with Gasteiger partial charge in [-0.1, -0.05) is 0 Å². The second kappa shape index (κ2) is 7.80. The number of carboxylic acid groups (broad SMARTS) is 1. The smallest absolute Gasteiger partial charge is 0.335 e. The van der Waals surface area contributed by atoms with Crippen molar-refractivity contribution >= 4 is 11.9 Å². The summed E-state index contributed by atoms with van der Waals surface area (Å²) >= 11 is 0. The molecule has 2 aliphatic heterocycles. The van der Waals surface area contributed by atoms with Gasteiger partial charge in [-0.15, -0.1) is 0 Å². The molecule has 6 atom stereocenters. The predicted molar refractivity (Wildman–Crippen MR) is 87.5 cm³/mol. The van der Waals surface area contributed by atoms with Gasteiger partial charge in [0.05, 0.1) is 0 Å². The molecule has 0 radical (unpaired) electrons. The molecule has 11 nitrogen and oxygen atoms in total. The molecule has 0 amide bonds. The molecule has 0 spiro atoms. The van der Waals surface area contributed by atoms with E-state index in [1.165, 1.54) is 12.1 Å². The number of ether oxygens (including phenoxy) is 3. The molecule has 2 fully saturated rings. The maximum atomic E-state index is 11.1. The number of carboxylic acids is 1. The second-order valence-electron chi connectivity index (χ2n) is 6.67. The summed E-state index contributed by atoms with van der Waals surface area (Å²) in [6.07, 6.45) is -8.62. The van der Waals surface area contributed by atoms with Gasteiger partial charge in [-0.05, 0) is 24.1 Å². The minimum atomic E-state index is -1.90. The molecule has 6 N–H and O–H groups in total. The SMILES string of the molecule is O=C1CCC(Cc2cc(O)c(OC3OC(C(=O)O)C(O)C(O)C3O)c(O)c2)O1. The summed E-state index contributed by atoms with van der Waals surface area (Å²) in [5, 5.41) is 58.7. The minimum Gasteiger partial charge on any atom is -0.504 e. The molecule has 0 saturated carbocycles. The van der Waals surface area contributed by atoms with Crippen molar-refractivity contribution < 1.29 is 54.4 Å². The van der Waals surface area contributed by atoms with Gasteiger partial charge in [-0.3, -0.25) is 4.79 Å². The highest BCUT2D eigenvalue weighted by Gasteiger charge is 2.48. The summed E-state index contributed by atoms with van der Waals surface area (Å²) in [7, 11) is 0. The van der Waals surface area contributed by atoms with E-state index in [-0.39, 0.29) is 18.5 Å². The Bertz CT molecular complexity index is 740. The molecule has 0 bridgehead atoms. The third-order valence-electron chi connectivity index (χ3n) is 4.59. The summed E-state index contributed by atoms with van der Waals surface area (Å²) in [5.41, 5.74) is 0.450. The number of benzene rings is 1. The third kappa shape index (κ3) is 3.97. The van der Waals surface area contributed by atoms with Gasteiger partial charge >= 0.3 is 11.9 Å². The Morgan fingerprint density at radius 1 is 1.11 bits per heavy atom. The van der Waals surface area contributed by atoms with E-state index in [4.69, 9.17) is 19.3 Å². The lowest BCUT2D eigenvalue weighted by molar-refractivity contribution is -0.271. The van der Waals surface area contributed by atoms with E-state index in [1.54, 1.807) is 0 Å². The number of phenols is 2. The van der Waals surface area contributed by atoms with Gasteiger partial charge in [0.25, 0.3) is 0 Å². The highest BCUT2D eigenvalue weighted by Crippen LogP contribution is 2.39. The fourth-order valence-corrected chi connectivity index (χ4v) is 3.15. The van der Waals surface area contributed by atoms with E-state index in [0.29, 0.717) is 18.4 Å². The molecule has 11 heteroatoms. The number of aliphatic hydroxyl groups excluding tert-OH is 3. The lowest BCUT2D eigenvalue weighted by atomic mass is 9.99. The Morgan fingerprint density at radius 2 is 1.75 bits per heavy atom. The van der Waals surface area contributed by atoms with E-state index in [0.717, 1.165) is 0 Å². The minimum absolute atomic E-state index is 0.252. The van der Waals surface area contributed by atoms with E-state index in [9.17, 15) is 35.1 Å². The molecular weight excluding hydrogens is 380 g/mol. The molecule has 154 valence electrons. The summed E-state index contributed by atoms with van der Waals surface area (Å²) < 4.78 is 15.2. The zero-order valence-electron chi connectivity index (χ0n) is 14.5. The number of aromatic hydroxyl groups is 2. The molecule has 0 aliphatic carbocycles. The van der Waals surface area contributed by atoms with Gasteiger partial charge in [0.2, 0.25) is 12.0 Å². The van der Waals surface area contributed by atoms with E-state index in [1.807, 2.05) is 0 Å². The van der Waals surface area contributed by atoms with Crippen LogP contribution >= 0.6 is 0 Å². The molecule has 2 saturated heterocycles. The number of aliphatic hydroxyl groups is 3. The monoisotopic (exact) mass is 400 g/mol. The number of carbonyl (C=O) groups is 2. The average Bonchev–Trinajstić information content (AvgIpc) is 3.02. The molecule has 1 aromatic rings. The first-order chi connectivity index (χ1) is 13.2. The summed E-state index contributed by atoms with van der Waals surface area (Å²) in [6.45, 7) is 0. The normalized spacial score (nSPS) is 32.8. The first kappa shape index (κ1) is 20.1. The Balaban J connectivity index is 1.76. The van der Waals surface area contributed by atoms with E-state index >= 15 is 0 Å². The van der Waals surface area contributed by atoms with Crippen LogP contribution in [0.2, 0.25) is 0 Å². The molecule has 2 aliphatic rings. The standard InChI is InChI=1S/C17H20O11/c18-8-4-6(3-7-1-2-10(20)26-7)5-9(19)14(8)27-17-13(23)11(21)12(22)15(28-17)16(24)25/h4-5,7,11-13,15,17-19,21-23H,1-3H2,(H,24,25). The number of phenolic OH excluding ortho intramolecular Hbond substituents is 2. The maximum Gasteiger partial charge on any atom is 0.335 e. The number of aliphatic carboxylic acids is 1. The van der Waals surface area contributed by atoms with Crippen molar-refractivity contribution in [2.24, 2.45) is 0 Å². The fraction of sp³-hybridized carbons (Fsp3) is 0.529. The predicted octanol–water partition coefficient (Wildman–Crippen LogP) is -1.38. The maximum absolute atomic E-state index is 11.1. The largest absolute Gasteiger partial charge is 0.504 e. The van der Waals surface area contributed by atoms with Crippen molar-refractivity contribution in [1.82, 2.24) is 0 Å². The highest BCUT2D eigenvalue weighted by molar-refractivity contribution is 5.73. The highest BCUT2D eigenvalue weighted by atomic mass is 16.7. The van der Waals surface area contributed by atoms with Crippen molar-refractivity contribution in [1.29, 1.82) is 0 Å². The van der Waals surface area contributed by atoms with Crippen LogP contribution in [-0.2, 0) is 25.5 Å². The molecule has 0 aromatic heterocycles. The first-order valence-corrected chi connectivity index (χ1v) is 8.51. The quantitative estimate of drug-likeness (QED) is 0.320. The number of esters is 1. The van der Waals surface area contributed by atoms with Crippen molar-refractivity contribution in [3.63, 3.8) is 0 Å². The number of hydrogen-bond acceptors (Lipinski definition) is 10. The van der Waals surface area contributed by atoms with Gasteiger partial charge in [0, 0.05) is 12.8 Å². The van der Waals surface area contributed by atoms with Gasteiger partial charge in [0.15, 0.2) is 17.6 Å². The van der Waals surface area contributed by atoms with Crippen molar-refractivity contribution in [3.05, 3.63) is 17.7 Å². The van der Waals surface area contributed by atoms with Crippen LogP contribution in [0.3, 0.4) is 0 Å². The van der Waals surface area contributed by atoms with Gasteiger partial charge in [-0.2, -0.15) is 0 Å². The number of rotatable bonds is 5. The number of hydrogen-bond donors (Lipinski definition) is 6. The molecule has 3 rings (SSSR count). The lowest BCUT2D eigenvalue weighted by Gasteiger charge is -2.38. The molecule has 6 unspecified atom stereocenters. The fourth-order valence-electron chi connectivity index (χ4n) is 3.15. The van der Waals surface area contributed by atoms with Crippen LogP contribution in [0.25, 0.3) is 0 Å². The molecule has 1 aromatic carbocycles. The zero-order valence-corrected chi connectivity index (χ0v) is 14.5. The summed E-state index contributed by atoms with van der Waals surface area (Å²) in [4.78, 5) is 22.3. The Kier molecular flexibility index (Phi) is 5.61. The van der Waals surface area contributed by atoms with Gasteiger partial charge < -0.3 is 44.8 Å². The Morgan fingerprint density at radius 3 is 2.29 bits per heavy atom. The molecule has 28 heavy (non-hydrogen) atoms. The van der Waals surface area contributed by atoms with Crippen LogP contribution < -0.4 is 4.74 Å². The van der Waals surface area contributed by atoms with Gasteiger partial charge in [-0.25, -0.2) is 4.79 Å².